The lowest BCUT2D eigenvalue weighted by Gasteiger charge is -2.29. The van der Waals surface area contributed by atoms with Gasteiger partial charge in [0.05, 0.1) is 12.2 Å². The second-order valence-corrected chi connectivity index (χ2v) is 7.53. The molecule has 4 aromatic rings. The van der Waals surface area contributed by atoms with E-state index in [0.29, 0.717) is 6.73 Å². The highest BCUT2D eigenvalue weighted by molar-refractivity contribution is 7.14. The Labute approximate surface area is 160 Å². The molecular formula is C21H15ClN2OS. The molecule has 128 valence electrons. The maximum Gasteiger partial charge on any atom is 0.188 e. The van der Waals surface area contributed by atoms with Crippen molar-refractivity contribution >= 4 is 38.8 Å². The van der Waals surface area contributed by atoms with Gasteiger partial charge in [0.25, 0.3) is 0 Å². The lowest BCUT2D eigenvalue weighted by molar-refractivity contribution is 0.290. The molecule has 1 aliphatic rings. The molecule has 5 rings (SSSR count). The van der Waals surface area contributed by atoms with Crippen LogP contribution in [0.15, 0.2) is 66.0 Å². The highest BCUT2D eigenvalue weighted by atomic mass is 35.5. The monoisotopic (exact) mass is 378 g/mol. The van der Waals surface area contributed by atoms with Crippen molar-refractivity contribution in [2.24, 2.45) is 0 Å². The molecule has 0 unspecified atom stereocenters. The SMILES string of the molecule is Clc1ccc(-c2csc(N3COc4ccc5ccccc5c4C3)n2)cc1. The predicted octanol–water partition coefficient (Wildman–Crippen LogP) is 5.97. The number of aromatic nitrogens is 1. The van der Waals surface area contributed by atoms with Crippen molar-refractivity contribution < 1.29 is 4.74 Å². The molecule has 1 aromatic heterocycles. The average molecular weight is 379 g/mol. The zero-order valence-corrected chi connectivity index (χ0v) is 15.4. The van der Waals surface area contributed by atoms with E-state index in [1.54, 1.807) is 11.3 Å². The summed E-state index contributed by atoms with van der Waals surface area (Å²) >= 11 is 7.62. The Balaban J connectivity index is 1.48. The summed E-state index contributed by atoms with van der Waals surface area (Å²) in [5.74, 6) is 0.967. The molecule has 0 saturated heterocycles. The van der Waals surface area contributed by atoms with Gasteiger partial charge in [0.1, 0.15) is 5.75 Å². The second kappa shape index (κ2) is 6.31. The topological polar surface area (TPSA) is 25.4 Å². The predicted molar refractivity (Wildman–Crippen MR) is 108 cm³/mol. The molecule has 2 heterocycles. The normalized spacial score (nSPS) is 13.5. The van der Waals surface area contributed by atoms with E-state index in [1.807, 2.05) is 24.3 Å². The number of rotatable bonds is 2. The van der Waals surface area contributed by atoms with Gasteiger partial charge in [-0.3, -0.25) is 0 Å². The summed E-state index contributed by atoms with van der Waals surface area (Å²) in [6.07, 6.45) is 0. The van der Waals surface area contributed by atoms with Crippen molar-refractivity contribution in [3.63, 3.8) is 0 Å². The van der Waals surface area contributed by atoms with E-state index in [9.17, 15) is 0 Å². The number of thiazole rings is 1. The molecule has 0 N–H and O–H groups in total. The summed E-state index contributed by atoms with van der Waals surface area (Å²) in [6.45, 7) is 1.31. The number of hydrogen-bond donors (Lipinski definition) is 0. The van der Waals surface area contributed by atoms with Crippen LogP contribution < -0.4 is 9.64 Å². The summed E-state index contributed by atoms with van der Waals surface area (Å²) < 4.78 is 6.00. The fourth-order valence-electron chi connectivity index (χ4n) is 3.28. The Kier molecular flexibility index (Phi) is 3.80. The van der Waals surface area contributed by atoms with Gasteiger partial charge in [-0.1, -0.05) is 54.1 Å². The molecular weight excluding hydrogens is 364 g/mol. The van der Waals surface area contributed by atoms with Gasteiger partial charge in [0.15, 0.2) is 11.9 Å². The number of anilines is 1. The average Bonchev–Trinajstić information content (AvgIpc) is 3.18. The minimum atomic E-state index is 0.513. The van der Waals surface area contributed by atoms with Gasteiger partial charge >= 0.3 is 0 Å². The van der Waals surface area contributed by atoms with E-state index in [1.165, 1.54) is 16.3 Å². The first kappa shape index (κ1) is 15.7. The molecule has 0 radical (unpaired) electrons. The standard InChI is InChI=1S/C21H15ClN2OS/c22-16-8-5-15(6-9-16)19-12-26-21(23-19)24-11-18-17-4-2-1-3-14(17)7-10-20(18)25-13-24/h1-10,12H,11,13H2. The third-order valence-corrected chi connectivity index (χ3v) is 5.78. The number of halogens is 1. The molecule has 0 bridgehead atoms. The first-order valence-corrected chi connectivity index (χ1v) is 9.63. The molecule has 5 heteroatoms. The molecule has 0 spiro atoms. The van der Waals surface area contributed by atoms with Crippen LogP contribution in [0.5, 0.6) is 5.75 Å². The van der Waals surface area contributed by atoms with Crippen molar-refractivity contribution in [1.29, 1.82) is 0 Å². The van der Waals surface area contributed by atoms with Crippen LogP contribution in [0, 0.1) is 0 Å². The first-order chi connectivity index (χ1) is 12.8. The summed E-state index contributed by atoms with van der Waals surface area (Å²) in [5.41, 5.74) is 3.25. The largest absolute Gasteiger partial charge is 0.473 e. The Morgan fingerprint density at radius 3 is 2.73 bits per heavy atom. The Hall–Kier alpha value is -2.56. The smallest absolute Gasteiger partial charge is 0.188 e. The minimum Gasteiger partial charge on any atom is -0.473 e. The number of nitrogens with zero attached hydrogens (tertiary/aromatic N) is 2. The molecule has 0 aliphatic carbocycles. The number of fused-ring (bicyclic) bond motifs is 3. The summed E-state index contributed by atoms with van der Waals surface area (Å²) in [5, 5.41) is 6.25. The second-order valence-electron chi connectivity index (χ2n) is 6.26. The maximum absolute atomic E-state index is 6.00. The van der Waals surface area contributed by atoms with Gasteiger partial charge < -0.3 is 9.64 Å². The van der Waals surface area contributed by atoms with Crippen LogP contribution in [-0.2, 0) is 6.54 Å². The van der Waals surface area contributed by atoms with Crippen molar-refractivity contribution in [3.8, 4) is 17.0 Å². The lowest BCUT2D eigenvalue weighted by Crippen LogP contribution is -2.31. The first-order valence-electron chi connectivity index (χ1n) is 8.38. The Bertz CT molecular complexity index is 1090. The van der Waals surface area contributed by atoms with Gasteiger partial charge in [-0.15, -0.1) is 11.3 Å². The van der Waals surface area contributed by atoms with Crippen LogP contribution in [0.4, 0.5) is 5.13 Å². The summed E-state index contributed by atoms with van der Waals surface area (Å²) in [7, 11) is 0. The Morgan fingerprint density at radius 2 is 1.85 bits per heavy atom. The zero-order valence-electron chi connectivity index (χ0n) is 13.9. The molecule has 0 saturated carbocycles. The van der Waals surface area contributed by atoms with E-state index >= 15 is 0 Å². The van der Waals surface area contributed by atoms with Crippen molar-refractivity contribution in [3.05, 3.63) is 76.6 Å². The van der Waals surface area contributed by atoms with Gasteiger partial charge in [-0.05, 0) is 29.0 Å². The van der Waals surface area contributed by atoms with E-state index < -0.39 is 0 Å². The fourth-order valence-corrected chi connectivity index (χ4v) is 4.23. The van der Waals surface area contributed by atoms with Gasteiger partial charge in [-0.2, -0.15) is 0 Å². The van der Waals surface area contributed by atoms with E-state index in [4.69, 9.17) is 21.3 Å². The van der Waals surface area contributed by atoms with Crippen LogP contribution in [-0.4, -0.2) is 11.7 Å². The minimum absolute atomic E-state index is 0.513. The van der Waals surface area contributed by atoms with E-state index in [-0.39, 0.29) is 0 Å². The van der Waals surface area contributed by atoms with Crippen LogP contribution in [0.2, 0.25) is 5.02 Å². The van der Waals surface area contributed by atoms with E-state index in [2.05, 4.69) is 46.7 Å². The van der Waals surface area contributed by atoms with E-state index in [0.717, 1.165) is 33.7 Å². The fraction of sp³-hybridized carbons (Fsp3) is 0.0952. The number of hydrogen-bond acceptors (Lipinski definition) is 4. The molecule has 0 amide bonds. The van der Waals surface area contributed by atoms with Crippen LogP contribution in [0.25, 0.3) is 22.0 Å². The highest BCUT2D eigenvalue weighted by Gasteiger charge is 2.22. The molecule has 3 nitrogen and oxygen atoms in total. The summed E-state index contributed by atoms with van der Waals surface area (Å²) in [6, 6.07) is 20.4. The number of ether oxygens (including phenoxy) is 1. The van der Waals surface area contributed by atoms with Crippen molar-refractivity contribution in [1.82, 2.24) is 4.98 Å². The number of benzene rings is 3. The Morgan fingerprint density at radius 1 is 1.00 bits per heavy atom. The lowest BCUT2D eigenvalue weighted by atomic mass is 10.0. The quantitative estimate of drug-likeness (QED) is 0.429. The van der Waals surface area contributed by atoms with Crippen LogP contribution in [0.1, 0.15) is 5.56 Å². The van der Waals surface area contributed by atoms with Gasteiger partial charge in [0, 0.05) is 21.5 Å². The van der Waals surface area contributed by atoms with Gasteiger partial charge in [-0.25, -0.2) is 4.98 Å². The highest BCUT2D eigenvalue weighted by Crippen LogP contribution is 2.36. The molecule has 0 atom stereocenters. The maximum atomic E-state index is 6.00. The molecule has 26 heavy (non-hydrogen) atoms. The molecule has 1 aliphatic heterocycles. The third-order valence-electron chi connectivity index (χ3n) is 4.63. The van der Waals surface area contributed by atoms with Gasteiger partial charge in [0.2, 0.25) is 0 Å². The van der Waals surface area contributed by atoms with Crippen LogP contribution >= 0.6 is 22.9 Å². The van der Waals surface area contributed by atoms with Crippen molar-refractivity contribution in [2.75, 3.05) is 11.6 Å². The van der Waals surface area contributed by atoms with Crippen molar-refractivity contribution in [2.45, 2.75) is 6.54 Å². The zero-order chi connectivity index (χ0) is 17.5. The summed E-state index contributed by atoms with van der Waals surface area (Å²) in [4.78, 5) is 6.99. The third kappa shape index (κ3) is 2.71. The molecule has 0 fully saturated rings. The molecule has 3 aromatic carbocycles. The van der Waals surface area contributed by atoms with Crippen LogP contribution in [0.3, 0.4) is 0 Å².